The van der Waals surface area contributed by atoms with Crippen molar-refractivity contribution in [2.24, 2.45) is 0 Å². The monoisotopic (exact) mass is 230 g/mol. The molecule has 5 nitrogen and oxygen atoms in total. The molecule has 0 spiro atoms. The minimum atomic E-state index is -0.0477. The quantitative estimate of drug-likeness (QED) is 0.856. The molecule has 0 aromatic carbocycles. The van der Waals surface area contributed by atoms with Crippen LogP contribution in [0.15, 0.2) is 31.0 Å². The highest BCUT2D eigenvalue weighted by Gasteiger charge is 2.38. The Morgan fingerprint density at radius 3 is 2.71 bits per heavy atom. The summed E-state index contributed by atoms with van der Waals surface area (Å²) in [7, 11) is 0. The molecule has 1 aliphatic carbocycles. The molecule has 5 heteroatoms. The number of nitrogens with zero attached hydrogens (tertiary/aromatic N) is 4. The van der Waals surface area contributed by atoms with E-state index < -0.39 is 0 Å². The van der Waals surface area contributed by atoms with Crippen LogP contribution in [0.4, 0.5) is 0 Å². The number of pyridine rings is 1. The van der Waals surface area contributed by atoms with Crippen LogP contribution < -0.4 is 0 Å². The van der Waals surface area contributed by atoms with E-state index >= 15 is 0 Å². The fourth-order valence-corrected chi connectivity index (χ4v) is 2.30. The molecule has 1 fully saturated rings. The first-order valence-corrected chi connectivity index (χ1v) is 5.76. The van der Waals surface area contributed by atoms with Crippen molar-refractivity contribution in [2.75, 3.05) is 6.61 Å². The number of aliphatic hydroxyl groups excluding tert-OH is 1. The maximum Gasteiger partial charge on any atom is 0.155 e. The summed E-state index contributed by atoms with van der Waals surface area (Å²) in [6.07, 6.45) is 8.23. The summed E-state index contributed by atoms with van der Waals surface area (Å²) in [6, 6.07) is 3.94. The van der Waals surface area contributed by atoms with Gasteiger partial charge >= 0.3 is 0 Å². The largest absolute Gasteiger partial charge is 0.395 e. The second kappa shape index (κ2) is 3.92. The number of aliphatic hydroxyl groups is 1. The Balaban J connectivity index is 1.90. The lowest BCUT2D eigenvalue weighted by Crippen LogP contribution is -2.38. The van der Waals surface area contributed by atoms with Crippen molar-refractivity contribution in [3.05, 3.63) is 36.5 Å². The van der Waals surface area contributed by atoms with Crippen molar-refractivity contribution < 1.29 is 5.11 Å². The van der Waals surface area contributed by atoms with E-state index in [-0.39, 0.29) is 12.0 Å². The number of hydrogen-bond acceptors (Lipinski definition) is 4. The maximum absolute atomic E-state index is 9.49. The molecule has 0 bridgehead atoms. The summed E-state index contributed by atoms with van der Waals surface area (Å²) in [5, 5.41) is 13.5. The summed E-state index contributed by atoms with van der Waals surface area (Å²) in [5.41, 5.74) is 1.07. The zero-order chi connectivity index (χ0) is 11.7. The van der Waals surface area contributed by atoms with Crippen LogP contribution in [0.3, 0.4) is 0 Å². The topological polar surface area (TPSA) is 63.8 Å². The zero-order valence-corrected chi connectivity index (χ0v) is 9.45. The third-order valence-electron chi connectivity index (χ3n) is 3.63. The standard InChI is InChI=1S/C12H14N4O/c17-7-12(4-1-5-12)10-2-3-11(14-6-10)16-9-13-8-15-16/h2-3,6,8-9,17H,1,4-5,7H2. The number of rotatable bonds is 3. The van der Waals surface area contributed by atoms with Gasteiger partial charge in [-0.25, -0.2) is 14.6 Å². The molecule has 2 aromatic heterocycles. The average Bonchev–Trinajstić information content (AvgIpc) is 2.83. The SMILES string of the molecule is OCC1(c2ccc(-n3cncn3)nc2)CCC1. The van der Waals surface area contributed by atoms with E-state index in [0.717, 1.165) is 24.2 Å². The normalized spacial score (nSPS) is 17.7. The van der Waals surface area contributed by atoms with E-state index in [1.54, 1.807) is 11.0 Å². The van der Waals surface area contributed by atoms with Gasteiger partial charge in [-0.05, 0) is 24.5 Å². The molecular formula is C12H14N4O. The molecule has 0 aliphatic heterocycles. The molecule has 1 N–H and O–H groups in total. The fourth-order valence-electron chi connectivity index (χ4n) is 2.30. The van der Waals surface area contributed by atoms with Gasteiger partial charge < -0.3 is 5.11 Å². The van der Waals surface area contributed by atoms with Gasteiger partial charge in [0.25, 0.3) is 0 Å². The van der Waals surface area contributed by atoms with Gasteiger partial charge in [-0.2, -0.15) is 5.10 Å². The third kappa shape index (κ3) is 1.63. The molecule has 1 saturated carbocycles. The minimum absolute atomic E-state index is 0.0477. The summed E-state index contributed by atoms with van der Waals surface area (Å²) >= 11 is 0. The lowest BCUT2D eigenvalue weighted by Gasteiger charge is -2.40. The average molecular weight is 230 g/mol. The van der Waals surface area contributed by atoms with Crippen molar-refractivity contribution in [3.8, 4) is 5.82 Å². The van der Waals surface area contributed by atoms with Gasteiger partial charge in [0.05, 0.1) is 6.61 Å². The highest BCUT2D eigenvalue weighted by atomic mass is 16.3. The highest BCUT2D eigenvalue weighted by molar-refractivity contribution is 5.31. The van der Waals surface area contributed by atoms with E-state index in [0.29, 0.717) is 0 Å². The molecule has 3 rings (SSSR count). The summed E-state index contributed by atoms with van der Waals surface area (Å²) in [6.45, 7) is 0.206. The van der Waals surface area contributed by atoms with E-state index in [4.69, 9.17) is 0 Å². The van der Waals surface area contributed by atoms with Gasteiger partial charge in [-0.15, -0.1) is 0 Å². The molecule has 88 valence electrons. The van der Waals surface area contributed by atoms with E-state index in [2.05, 4.69) is 15.1 Å². The van der Waals surface area contributed by atoms with E-state index in [9.17, 15) is 5.11 Å². The van der Waals surface area contributed by atoms with Crippen LogP contribution in [0.25, 0.3) is 5.82 Å². The van der Waals surface area contributed by atoms with Gasteiger partial charge in [0.1, 0.15) is 12.7 Å². The van der Waals surface area contributed by atoms with Crippen molar-refractivity contribution >= 4 is 0 Å². The van der Waals surface area contributed by atoms with Gasteiger partial charge in [-0.3, -0.25) is 0 Å². The first-order chi connectivity index (χ1) is 8.34. The van der Waals surface area contributed by atoms with Crippen molar-refractivity contribution in [1.82, 2.24) is 19.7 Å². The van der Waals surface area contributed by atoms with Gasteiger partial charge in [0, 0.05) is 11.6 Å². The zero-order valence-electron chi connectivity index (χ0n) is 9.45. The van der Waals surface area contributed by atoms with Crippen LogP contribution in [0.1, 0.15) is 24.8 Å². The lowest BCUT2D eigenvalue weighted by molar-refractivity contribution is 0.120. The first-order valence-electron chi connectivity index (χ1n) is 5.76. The van der Waals surface area contributed by atoms with Crippen LogP contribution in [0.5, 0.6) is 0 Å². The van der Waals surface area contributed by atoms with Crippen LogP contribution in [-0.2, 0) is 5.41 Å². The van der Waals surface area contributed by atoms with Crippen molar-refractivity contribution in [2.45, 2.75) is 24.7 Å². The molecule has 0 atom stereocenters. The molecule has 2 heterocycles. The molecule has 17 heavy (non-hydrogen) atoms. The molecule has 0 saturated heterocycles. The molecule has 0 amide bonds. The van der Waals surface area contributed by atoms with Gasteiger partial charge in [0.15, 0.2) is 5.82 Å². The van der Waals surface area contributed by atoms with Crippen LogP contribution >= 0.6 is 0 Å². The molecule has 2 aromatic rings. The predicted octanol–water partition coefficient (Wildman–Crippen LogP) is 1.08. The Kier molecular flexibility index (Phi) is 2.40. The Morgan fingerprint density at radius 2 is 2.24 bits per heavy atom. The Morgan fingerprint density at radius 1 is 1.35 bits per heavy atom. The van der Waals surface area contributed by atoms with Crippen molar-refractivity contribution in [1.29, 1.82) is 0 Å². The predicted molar refractivity (Wildman–Crippen MR) is 61.8 cm³/mol. The summed E-state index contributed by atoms with van der Waals surface area (Å²) < 4.78 is 1.62. The molecule has 0 unspecified atom stereocenters. The highest BCUT2D eigenvalue weighted by Crippen LogP contribution is 2.42. The molecular weight excluding hydrogens is 216 g/mol. The fraction of sp³-hybridized carbons (Fsp3) is 0.417. The smallest absolute Gasteiger partial charge is 0.155 e. The van der Waals surface area contributed by atoms with Crippen LogP contribution in [0, 0.1) is 0 Å². The Labute approximate surface area is 99.1 Å². The van der Waals surface area contributed by atoms with Crippen molar-refractivity contribution in [3.63, 3.8) is 0 Å². The van der Waals surface area contributed by atoms with E-state index in [1.165, 1.54) is 12.7 Å². The van der Waals surface area contributed by atoms with Gasteiger partial charge in [0.2, 0.25) is 0 Å². The third-order valence-corrected chi connectivity index (χ3v) is 3.63. The second-order valence-electron chi connectivity index (χ2n) is 4.54. The Bertz CT molecular complexity index is 482. The molecule has 0 radical (unpaired) electrons. The van der Waals surface area contributed by atoms with Gasteiger partial charge in [-0.1, -0.05) is 12.5 Å². The minimum Gasteiger partial charge on any atom is -0.395 e. The Hall–Kier alpha value is -1.75. The van der Waals surface area contributed by atoms with Crippen LogP contribution in [-0.4, -0.2) is 31.5 Å². The summed E-state index contributed by atoms with van der Waals surface area (Å²) in [4.78, 5) is 8.25. The molecule has 1 aliphatic rings. The van der Waals surface area contributed by atoms with Crippen LogP contribution in [0.2, 0.25) is 0 Å². The maximum atomic E-state index is 9.49. The summed E-state index contributed by atoms with van der Waals surface area (Å²) in [5.74, 6) is 0.749. The number of aromatic nitrogens is 4. The number of hydrogen-bond donors (Lipinski definition) is 1. The second-order valence-corrected chi connectivity index (χ2v) is 4.54. The van der Waals surface area contributed by atoms with E-state index in [1.807, 2.05) is 18.3 Å². The lowest BCUT2D eigenvalue weighted by atomic mass is 9.65. The first kappa shape index (κ1) is 10.4.